The summed E-state index contributed by atoms with van der Waals surface area (Å²) in [4.78, 5) is 18.0. The Morgan fingerprint density at radius 2 is 1.93 bits per heavy atom. The highest BCUT2D eigenvalue weighted by molar-refractivity contribution is 6.33. The summed E-state index contributed by atoms with van der Waals surface area (Å²) in [5, 5.41) is 3.87. The van der Waals surface area contributed by atoms with Crippen LogP contribution in [-0.4, -0.2) is 43.0 Å². The molecule has 1 N–H and O–H groups in total. The fourth-order valence-corrected chi connectivity index (χ4v) is 4.13. The summed E-state index contributed by atoms with van der Waals surface area (Å²) >= 11 is 6.61. The summed E-state index contributed by atoms with van der Waals surface area (Å²) in [5.41, 5.74) is 4.56. The van der Waals surface area contributed by atoms with Crippen LogP contribution in [0.3, 0.4) is 0 Å². The Morgan fingerprint density at radius 1 is 1.24 bits per heavy atom. The minimum Gasteiger partial charge on any atom is -0.382 e. The Balaban J connectivity index is 2.00. The number of ether oxygens (including phenoxy) is 2. The van der Waals surface area contributed by atoms with Crippen molar-refractivity contribution in [2.75, 3.05) is 32.7 Å². The Morgan fingerprint density at radius 3 is 2.55 bits per heavy atom. The predicted octanol–water partition coefficient (Wildman–Crippen LogP) is 3.62. The second-order valence-electron chi connectivity index (χ2n) is 7.48. The second kappa shape index (κ2) is 9.74. The van der Waals surface area contributed by atoms with E-state index in [9.17, 15) is 4.79 Å². The van der Waals surface area contributed by atoms with Gasteiger partial charge >= 0.3 is 0 Å². The van der Waals surface area contributed by atoms with E-state index in [0.29, 0.717) is 36.1 Å². The summed E-state index contributed by atoms with van der Waals surface area (Å²) in [6.45, 7) is 2.91. The molecule has 1 unspecified atom stereocenters. The van der Waals surface area contributed by atoms with Gasteiger partial charge in [-0.1, -0.05) is 18.5 Å². The lowest BCUT2D eigenvalue weighted by molar-refractivity contribution is 0.0365. The highest BCUT2D eigenvalue weighted by atomic mass is 35.5. The van der Waals surface area contributed by atoms with Crippen molar-refractivity contribution in [2.45, 2.75) is 45.1 Å². The van der Waals surface area contributed by atoms with Gasteiger partial charge < -0.3 is 14.8 Å². The molecule has 0 saturated heterocycles. The van der Waals surface area contributed by atoms with Crippen molar-refractivity contribution in [3.63, 3.8) is 0 Å². The van der Waals surface area contributed by atoms with Gasteiger partial charge in [-0.3, -0.25) is 9.36 Å². The zero-order valence-corrected chi connectivity index (χ0v) is 18.4. The SMILES string of the molecule is CCc1nc(-c2cc3c(cc2Cl)CCCC3)n(C)c(=O)c1NCC(COC)OC. The van der Waals surface area contributed by atoms with Gasteiger partial charge in [-0.15, -0.1) is 0 Å². The lowest BCUT2D eigenvalue weighted by Crippen LogP contribution is -2.32. The average molecular weight is 420 g/mol. The number of nitrogens with one attached hydrogen (secondary N) is 1. The van der Waals surface area contributed by atoms with Crippen molar-refractivity contribution in [2.24, 2.45) is 7.05 Å². The number of rotatable bonds is 8. The third kappa shape index (κ3) is 4.65. The number of fused-ring (bicyclic) bond motifs is 1. The van der Waals surface area contributed by atoms with E-state index in [2.05, 4.69) is 11.4 Å². The van der Waals surface area contributed by atoms with Crippen LogP contribution >= 0.6 is 11.6 Å². The molecule has 7 heteroatoms. The Bertz CT molecular complexity index is 926. The molecule has 6 nitrogen and oxygen atoms in total. The number of methoxy groups -OCH3 is 2. The smallest absolute Gasteiger partial charge is 0.277 e. The maximum atomic E-state index is 13.1. The van der Waals surface area contributed by atoms with E-state index in [1.807, 2.05) is 13.0 Å². The van der Waals surface area contributed by atoms with Crippen LogP contribution in [0.25, 0.3) is 11.4 Å². The zero-order chi connectivity index (χ0) is 21.0. The lowest BCUT2D eigenvalue weighted by Gasteiger charge is -2.21. The van der Waals surface area contributed by atoms with Gasteiger partial charge in [-0.2, -0.15) is 0 Å². The highest BCUT2D eigenvalue weighted by Gasteiger charge is 2.20. The van der Waals surface area contributed by atoms with Crippen molar-refractivity contribution < 1.29 is 9.47 Å². The minimum absolute atomic E-state index is 0.118. The number of aromatic nitrogens is 2. The Hall–Kier alpha value is -1.89. The number of hydrogen-bond acceptors (Lipinski definition) is 5. The van der Waals surface area contributed by atoms with Crippen LogP contribution in [0.15, 0.2) is 16.9 Å². The molecule has 3 rings (SSSR count). The molecule has 1 heterocycles. The quantitative estimate of drug-likeness (QED) is 0.708. The van der Waals surface area contributed by atoms with Crippen molar-refractivity contribution in [3.05, 3.63) is 44.3 Å². The molecule has 0 spiro atoms. The lowest BCUT2D eigenvalue weighted by atomic mass is 9.90. The molecule has 0 saturated carbocycles. The second-order valence-corrected chi connectivity index (χ2v) is 7.88. The van der Waals surface area contributed by atoms with Crippen LogP contribution in [0.2, 0.25) is 5.02 Å². The van der Waals surface area contributed by atoms with Crippen LogP contribution in [0.1, 0.15) is 36.6 Å². The Kier molecular flexibility index (Phi) is 7.33. The van der Waals surface area contributed by atoms with Crippen molar-refractivity contribution >= 4 is 17.3 Å². The van der Waals surface area contributed by atoms with Crippen LogP contribution in [0, 0.1) is 0 Å². The van der Waals surface area contributed by atoms with Crippen molar-refractivity contribution in [1.29, 1.82) is 0 Å². The standard InChI is InChI=1S/C22H30ClN3O3/c1-5-19-20(24-12-16(29-4)13-28-3)22(27)26(2)21(25-19)17-10-14-8-6-7-9-15(14)11-18(17)23/h10-11,16,24H,5-9,12-13H2,1-4H3. The first-order chi connectivity index (χ1) is 14.0. The van der Waals surface area contributed by atoms with Gasteiger partial charge in [-0.25, -0.2) is 4.98 Å². The summed E-state index contributed by atoms with van der Waals surface area (Å²) < 4.78 is 12.1. The maximum Gasteiger partial charge on any atom is 0.277 e. The molecule has 0 bridgehead atoms. The molecule has 1 aromatic heterocycles. The summed E-state index contributed by atoms with van der Waals surface area (Å²) in [6.07, 6.45) is 4.98. The maximum absolute atomic E-state index is 13.1. The van der Waals surface area contributed by atoms with Gasteiger partial charge in [0.05, 0.1) is 23.4 Å². The van der Waals surface area contributed by atoms with E-state index in [1.165, 1.54) is 24.0 Å². The van der Waals surface area contributed by atoms with Gasteiger partial charge in [0, 0.05) is 33.4 Å². The molecule has 0 fully saturated rings. The van der Waals surface area contributed by atoms with Gasteiger partial charge in [0.2, 0.25) is 0 Å². The number of hydrogen-bond donors (Lipinski definition) is 1. The molecular weight excluding hydrogens is 390 g/mol. The fraction of sp³-hybridized carbons (Fsp3) is 0.545. The van der Waals surface area contributed by atoms with E-state index in [-0.39, 0.29) is 11.7 Å². The highest BCUT2D eigenvalue weighted by Crippen LogP contribution is 2.33. The molecule has 0 aliphatic heterocycles. The monoisotopic (exact) mass is 419 g/mol. The molecule has 1 aliphatic rings. The zero-order valence-electron chi connectivity index (χ0n) is 17.7. The fourth-order valence-electron chi connectivity index (χ4n) is 3.86. The van der Waals surface area contributed by atoms with E-state index in [0.717, 1.165) is 24.1 Å². The molecule has 2 aromatic rings. The van der Waals surface area contributed by atoms with E-state index >= 15 is 0 Å². The largest absolute Gasteiger partial charge is 0.382 e. The van der Waals surface area contributed by atoms with Crippen LogP contribution in [0.4, 0.5) is 5.69 Å². The molecule has 1 aromatic carbocycles. The molecule has 29 heavy (non-hydrogen) atoms. The van der Waals surface area contributed by atoms with Gasteiger partial charge in [0.1, 0.15) is 11.5 Å². The third-order valence-corrected chi connectivity index (χ3v) is 5.88. The first-order valence-corrected chi connectivity index (χ1v) is 10.5. The van der Waals surface area contributed by atoms with E-state index in [4.69, 9.17) is 26.1 Å². The molecule has 0 radical (unpaired) electrons. The average Bonchev–Trinajstić information content (AvgIpc) is 2.73. The molecule has 1 atom stereocenters. The summed E-state index contributed by atoms with van der Waals surface area (Å²) in [5.74, 6) is 0.607. The third-order valence-electron chi connectivity index (χ3n) is 5.57. The number of aryl methyl sites for hydroxylation is 3. The molecule has 1 aliphatic carbocycles. The van der Waals surface area contributed by atoms with Gasteiger partial charge in [-0.05, 0) is 55.4 Å². The van der Waals surface area contributed by atoms with Crippen molar-refractivity contribution in [3.8, 4) is 11.4 Å². The number of anilines is 1. The van der Waals surface area contributed by atoms with E-state index in [1.54, 1.807) is 25.8 Å². The van der Waals surface area contributed by atoms with Crippen LogP contribution in [0.5, 0.6) is 0 Å². The van der Waals surface area contributed by atoms with Crippen LogP contribution in [-0.2, 0) is 35.8 Å². The van der Waals surface area contributed by atoms with Crippen LogP contribution < -0.4 is 10.9 Å². The first-order valence-electron chi connectivity index (χ1n) is 10.2. The molecule has 158 valence electrons. The minimum atomic E-state index is -0.149. The van der Waals surface area contributed by atoms with E-state index < -0.39 is 0 Å². The topological polar surface area (TPSA) is 65.4 Å². The predicted molar refractivity (Wildman–Crippen MR) is 117 cm³/mol. The van der Waals surface area contributed by atoms with Gasteiger partial charge in [0.15, 0.2) is 0 Å². The molecular formula is C22H30ClN3O3. The summed E-state index contributed by atoms with van der Waals surface area (Å²) in [7, 11) is 5.00. The van der Waals surface area contributed by atoms with Crippen molar-refractivity contribution in [1.82, 2.24) is 9.55 Å². The van der Waals surface area contributed by atoms with Gasteiger partial charge in [0.25, 0.3) is 5.56 Å². The Labute approximate surface area is 177 Å². The molecule has 0 amide bonds. The number of benzene rings is 1. The first kappa shape index (κ1) is 21.8. The normalized spacial score (nSPS) is 14.5. The number of halogens is 1. The number of nitrogens with zero attached hydrogens (tertiary/aromatic N) is 2. The summed E-state index contributed by atoms with van der Waals surface area (Å²) in [6, 6.07) is 4.16.